The summed E-state index contributed by atoms with van der Waals surface area (Å²) in [5.74, 6) is 0.686. The second-order valence-electron chi connectivity index (χ2n) is 5.38. The number of hydrogen-bond donors (Lipinski definition) is 1. The van der Waals surface area contributed by atoms with E-state index in [4.69, 9.17) is 4.74 Å². The van der Waals surface area contributed by atoms with Crippen LogP contribution in [-0.2, 0) is 17.8 Å². The smallest absolute Gasteiger partial charge is 0.0641 e. The molecule has 0 amide bonds. The molecule has 1 N–H and O–H groups in total. The van der Waals surface area contributed by atoms with Crippen molar-refractivity contribution >= 4 is 10.9 Å². The molecule has 0 spiro atoms. The van der Waals surface area contributed by atoms with Crippen molar-refractivity contribution in [2.75, 3.05) is 20.3 Å². The van der Waals surface area contributed by atoms with E-state index in [1.807, 2.05) is 0 Å². The summed E-state index contributed by atoms with van der Waals surface area (Å²) in [6.07, 6.45) is 2.15. The first-order valence-electron chi connectivity index (χ1n) is 6.98. The molecule has 0 atom stereocenters. The van der Waals surface area contributed by atoms with Gasteiger partial charge in [-0.05, 0) is 30.2 Å². The molecule has 0 saturated heterocycles. The maximum absolute atomic E-state index is 5.15. The van der Waals surface area contributed by atoms with Gasteiger partial charge in [0.2, 0.25) is 0 Å². The summed E-state index contributed by atoms with van der Waals surface area (Å²) in [7, 11) is 1.74. The third-order valence-corrected chi connectivity index (χ3v) is 3.31. The lowest BCUT2D eigenvalue weighted by Crippen LogP contribution is -2.19. The maximum Gasteiger partial charge on any atom is 0.0641 e. The van der Waals surface area contributed by atoms with Gasteiger partial charge in [-0.25, -0.2) is 0 Å². The van der Waals surface area contributed by atoms with E-state index >= 15 is 0 Å². The van der Waals surface area contributed by atoms with Crippen LogP contribution in [0.3, 0.4) is 0 Å². The van der Waals surface area contributed by atoms with Crippen molar-refractivity contribution in [1.29, 1.82) is 0 Å². The Balaban J connectivity index is 2.14. The highest BCUT2D eigenvalue weighted by Gasteiger charge is 2.05. The number of ether oxygens (including phenoxy) is 1. The van der Waals surface area contributed by atoms with Crippen molar-refractivity contribution in [2.24, 2.45) is 5.92 Å². The van der Waals surface area contributed by atoms with E-state index in [0.29, 0.717) is 5.92 Å². The number of aromatic nitrogens is 1. The number of fused-ring (bicyclic) bond motifs is 1. The van der Waals surface area contributed by atoms with Crippen LogP contribution in [0.15, 0.2) is 30.5 Å². The standard InChI is InChI=1S/C16H24N2O/c1-13(2)11-17-12-14-5-4-6-16-15(14)7-8-18(16)9-10-19-3/h4-8,13,17H,9-12H2,1-3H3. The number of nitrogens with zero attached hydrogens (tertiary/aromatic N) is 1. The zero-order valence-electron chi connectivity index (χ0n) is 12.1. The van der Waals surface area contributed by atoms with Gasteiger partial charge in [-0.15, -0.1) is 0 Å². The molecule has 3 heteroatoms. The number of hydrogen-bond acceptors (Lipinski definition) is 2. The lowest BCUT2D eigenvalue weighted by atomic mass is 10.1. The SMILES string of the molecule is COCCn1ccc2c(CNCC(C)C)cccc21. The van der Waals surface area contributed by atoms with Gasteiger partial charge in [0, 0.05) is 37.3 Å². The lowest BCUT2D eigenvalue weighted by molar-refractivity contribution is 0.188. The van der Waals surface area contributed by atoms with Crippen LogP contribution < -0.4 is 5.32 Å². The Morgan fingerprint density at radius 3 is 2.84 bits per heavy atom. The van der Waals surface area contributed by atoms with Gasteiger partial charge in [0.05, 0.1) is 6.61 Å². The summed E-state index contributed by atoms with van der Waals surface area (Å²) in [5.41, 5.74) is 2.66. The van der Waals surface area contributed by atoms with Crippen LogP contribution in [0.2, 0.25) is 0 Å². The summed E-state index contributed by atoms with van der Waals surface area (Å²) < 4.78 is 7.41. The van der Waals surface area contributed by atoms with Crippen molar-refractivity contribution in [1.82, 2.24) is 9.88 Å². The molecular formula is C16H24N2O. The Morgan fingerprint density at radius 1 is 1.26 bits per heavy atom. The fourth-order valence-electron chi connectivity index (χ4n) is 2.32. The van der Waals surface area contributed by atoms with Gasteiger partial charge < -0.3 is 14.6 Å². The van der Waals surface area contributed by atoms with Crippen molar-refractivity contribution < 1.29 is 4.74 Å². The largest absolute Gasteiger partial charge is 0.383 e. The molecule has 0 unspecified atom stereocenters. The predicted molar refractivity (Wildman–Crippen MR) is 80.4 cm³/mol. The molecule has 2 rings (SSSR count). The molecule has 0 aliphatic carbocycles. The van der Waals surface area contributed by atoms with Crippen molar-refractivity contribution in [3.8, 4) is 0 Å². The number of rotatable bonds is 7. The van der Waals surface area contributed by atoms with Crippen LogP contribution in [0.25, 0.3) is 10.9 Å². The van der Waals surface area contributed by atoms with E-state index in [1.54, 1.807) is 7.11 Å². The van der Waals surface area contributed by atoms with Crippen molar-refractivity contribution in [3.05, 3.63) is 36.0 Å². The average molecular weight is 260 g/mol. The molecule has 1 aromatic carbocycles. The average Bonchev–Trinajstić information content (AvgIpc) is 2.80. The zero-order chi connectivity index (χ0) is 13.7. The van der Waals surface area contributed by atoms with E-state index < -0.39 is 0 Å². The predicted octanol–water partition coefficient (Wildman–Crippen LogP) is 3.03. The Bertz CT molecular complexity index is 516. The molecule has 1 aromatic heterocycles. The fraction of sp³-hybridized carbons (Fsp3) is 0.500. The highest BCUT2D eigenvalue weighted by molar-refractivity contribution is 5.83. The van der Waals surface area contributed by atoms with Gasteiger partial charge in [0.15, 0.2) is 0 Å². The highest BCUT2D eigenvalue weighted by Crippen LogP contribution is 2.20. The van der Waals surface area contributed by atoms with Crippen LogP contribution in [-0.4, -0.2) is 24.8 Å². The summed E-state index contributed by atoms with van der Waals surface area (Å²) in [5, 5.41) is 4.85. The minimum absolute atomic E-state index is 0.686. The molecule has 0 bridgehead atoms. The quantitative estimate of drug-likeness (QED) is 0.828. The Morgan fingerprint density at radius 2 is 2.11 bits per heavy atom. The monoisotopic (exact) mass is 260 g/mol. The molecule has 3 nitrogen and oxygen atoms in total. The number of benzene rings is 1. The number of nitrogens with one attached hydrogen (secondary N) is 1. The van der Waals surface area contributed by atoms with Gasteiger partial charge in [0.25, 0.3) is 0 Å². The third kappa shape index (κ3) is 3.58. The molecule has 0 saturated carbocycles. The van der Waals surface area contributed by atoms with Gasteiger partial charge in [-0.1, -0.05) is 26.0 Å². The van der Waals surface area contributed by atoms with E-state index in [0.717, 1.165) is 26.2 Å². The fourth-order valence-corrected chi connectivity index (χ4v) is 2.32. The number of methoxy groups -OCH3 is 1. The van der Waals surface area contributed by atoms with Gasteiger partial charge >= 0.3 is 0 Å². The first-order chi connectivity index (χ1) is 9.22. The topological polar surface area (TPSA) is 26.2 Å². The molecular weight excluding hydrogens is 236 g/mol. The Hall–Kier alpha value is -1.32. The van der Waals surface area contributed by atoms with Crippen LogP contribution in [0, 0.1) is 5.92 Å². The molecule has 1 heterocycles. The van der Waals surface area contributed by atoms with Crippen LogP contribution in [0.4, 0.5) is 0 Å². The van der Waals surface area contributed by atoms with Gasteiger partial charge in [-0.3, -0.25) is 0 Å². The second kappa shape index (κ2) is 6.73. The second-order valence-corrected chi connectivity index (χ2v) is 5.38. The first-order valence-corrected chi connectivity index (χ1v) is 6.98. The first kappa shape index (κ1) is 14.1. The highest BCUT2D eigenvalue weighted by atomic mass is 16.5. The minimum Gasteiger partial charge on any atom is -0.383 e. The van der Waals surface area contributed by atoms with Crippen LogP contribution >= 0.6 is 0 Å². The molecule has 2 aromatic rings. The van der Waals surface area contributed by atoms with Crippen molar-refractivity contribution in [3.63, 3.8) is 0 Å². The zero-order valence-corrected chi connectivity index (χ0v) is 12.1. The molecule has 104 valence electrons. The van der Waals surface area contributed by atoms with Crippen molar-refractivity contribution in [2.45, 2.75) is 26.9 Å². The normalized spacial score (nSPS) is 11.6. The summed E-state index contributed by atoms with van der Waals surface area (Å²) in [6, 6.07) is 8.72. The summed E-state index contributed by atoms with van der Waals surface area (Å²) in [4.78, 5) is 0. The lowest BCUT2D eigenvalue weighted by Gasteiger charge is -2.09. The van der Waals surface area contributed by atoms with Crippen LogP contribution in [0.1, 0.15) is 19.4 Å². The third-order valence-electron chi connectivity index (χ3n) is 3.31. The van der Waals surface area contributed by atoms with E-state index in [-0.39, 0.29) is 0 Å². The maximum atomic E-state index is 5.15. The van der Waals surface area contributed by atoms with E-state index in [1.165, 1.54) is 16.5 Å². The van der Waals surface area contributed by atoms with Gasteiger partial charge in [-0.2, -0.15) is 0 Å². The van der Waals surface area contributed by atoms with Gasteiger partial charge in [0.1, 0.15) is 0 Å². The summed E-state index contributed by atoms with van der Waals surface area (Å²) in [6.45, 7) is 8.11. The molecule has 0 fully saturated rings. The van der Waals surface area contributed by atoms with E-state index in [9.17, 15) is 0 Å². The summed E-state index contributed by atoms with van der Waals surface area (Å²) >= 11 is 0. The van der Waals surface area contributed by atoms with E-state index in [2.05, 4.69) is 54.2 Å². The molecule has 0 aliphatic rings. The Labute approximate surface area is 115 Å². The van der Waals surface area contributed by atoms with Crippen LogP contribution in [0.5, 0.6) is 0 Å². The Kier molecular flexibility index (Phi) is 5.00. The molecule has 0 radical (unpaired) electrons. The minimum atomic E-state index is 0.686. The molecule has 19 heavy (non-hydrogen) atoms. The molecule has 0 aliphatic heterocycles.